The van der Waals surface area contributed by atoms with Gasteiger partial charge in [-0.05, 0) is 50.0 Å². The fourth-order valence-electron chi connectivity index (χ4n) is 3.72. The van der Waals surface area contributed by atoms with E-state index in [1.165, 1.54) is 0 Å². The Morgan fingerprint density at radius 3 is 2.72 bits per heavy atom. The molecule has 0 radical (unpaired) electrons. The molecule has 0 amide bonds. The van der Waals surface area contributed by atoms with Crippen LogP contribution in [0.4, 0.5) is 0 Å². The van der Waals surface area contributed by atoms with Crippen LogP contribution in [0.1, 0.15) is 32.3 Å². The minimum Gasteiger partial charge on any atom is -0.508 e. The molecular weight excluding hydrogens is 339 g/mol. The second kappa shape index (κ2) is 6.98. The topological polar surface area (TPSA) is 83.8 Å². The lowest BCUT2D eigenvalue weighted by Crippen LogP contribution is -2.41. The summed E-state index contributed by atoms with van der Waals surface area (Å²) in [5.41, 5.74) is 3.84. The lowest BCUT2D eigenvalue weighted by Gasteiger charge is -2.31. The molecular formula is C18H23BO5S. The van der Waals surface area contributed by atoms with Crippen LogP contribution in [0.3, 0.4) is 0 Å². The fraction of sp³-hybridized carbons (Fsp3) is 0.444. The van der Waals surface area contributed by atoms with Crippen LogP contribution < -0.4 is 0 Å². The number of phenolic OH excluding ortho intramolecular Hbond substituents is 1. The molecule has 3 rings (SSSR count). The van der Waals surface area contributed by atoms with E-state index in [1.54, 1.807) is 12.1 Å². The molecule has 2 heterocycles. The molecule has 2 atom stereocenters. The van der Waals surface area contributed by atoms with Crippen molar-refractivity contribution in [1.29, 1.82) is 0 Å². The third-order valence-electron chi connectivity index (χ3n) is 4.88. The molecule has 2 N–H and O–H groups in total. The standard InChI is InChI=1S/C18H23BO5S/c1-12(9-14-4-6-15(20)7-5-14)3-8-16-18-13(2)11-25(22,23)17(18)10-19(21)24-16/h4-7,9,16-17,20-21H,3,8,10-11H2,1-2H3/b12-9+/t16-,17+/m1/s1. The number of benzene rings is 1. The van der Waals surface area contributed by atoms with E-state index in [2.05, 4.69) is 0 Å². The van der Waals surface area contributed by atoms with Crippen LogP contribution in [-0.4, -0.2) is 42.8 Å². The molecule has 2 aliphatic heterocycles. The third-order valence-corrected chi connectivity index (χ3v) is 7.03. The zero-order valence-electron chi connectivity index (χ0n) is 14.5. The second-order valence-corrected chi connectivity index (χ2v) is 9.15. The Morgan fingerprint density at radius 2 is 2.04 bits per heavy atom. The predicted molar refractivity (Wildman–Crippen MR) is 98.9 cm³/mol. The van der Waals surface area contributed by atoms with Gasteiger partial charge in [0.2, 0.25) is 0 Å². The molecule has 0 bridgehead atoms. The van der Waals surface area contributed by atoms with Crippen molar-refractivity contribution in [2.45, 2.75) is 44.4 Å². The summed E-state index contributed by atoms with van der Waals surface area (Å²) in [6.45, 7) is 3.86. The van der Waals surface area contributed by atoms with Gasteiger partial charge in [0.1, 0.15) is 5.75 Å². The summed E-state index contributed by atoms with van der Waals surface area (Å²) in [5.74, 6) is 0.303. The van der Waals surface area contributed by atoms with Crippen molar-refractivity contribution in [3.63, 3.8) is 0 Å². The first-order valence-corrected chi connectivity index (χ1v) is 10.2. The minimum atomic E-state index is -3.21. The molecule has 0 saturated carbocycles. The van der Waals surface area contributed by atoms with Gasteiger partial charge in [0.15, 0.2) is 9.84 Å². The lowest BCUT2D eigenvalue weighted by molar-refractivity contribution is 0.170. The summed E-state index contributed by atoms with van der Waals surface area (Å²) in [6.07, 6.45) is 3.18. The van der Waals surface area contributed by atoms with Gasteiger partial charge in [0.25, 0.3) is 0 Å². The van der Waals surface area contributed by atoms with Gasteiger partial charge in [-0.15, -0.1) is 0 Å². The highest BCUT2D eigenvalue weighted by Gasteiger charge is 2.47. The normalized spacial score (nSPS) is 26.0. The molecule has 25 heavy (non-hydrogen) atoms. The van der Waals surface area contributed by atoms with E-state index in [0.717, 1.165) is 28.7 Å². The maximum Gasteiger partial charge on any atom is 0.456 e. The van der Waals surface area contributed by atoms with Crippen LogP contribution in [0, 0.1) is 0 Å². The predicted octanol–water partition coefficient (Wildman–Crippen LogP) is 2.57. The van der Waals surface area contributed by atoms with Gasteiger partial charge in [0, 0.05) is 6.32 Å². The highest BCUT2D eigenvalue weighted by Crippen LogP contribution is 2.39. The second-order valence-electron chi connectivity index (χ2n) is 6.97. The van der Waals surface area contributed by atoms with Crippen LogP contribution in [0.15, 0.2) is 41.0 Å². The van der Waals surface area contributed by atoms with Crippen molar-refractivity contribution in [3.8, 4) is 5.75 Å². The number of hydrogen-bond donors (Lipinski definition) is 2. The van der Waals surface area contributed by atoms with Crippen molar-refractivity contribution < 1.29 is 23.2 Å². The average Bonchev–Trinajstić information content (AvgIpc) is 2.76. The molecule has 1 aromatic rings. The highest BCUT2D eigenvalue weighted by atomic mass is 32.2. The average molecular weight is 362 g/mol. The number of hydrogen-bond acceptors (Lipinski definition) is 5. The summed E-state index contributed by atoms with van der Waals surface area (Å²) >= 11 is 0. The number of rotatable bonds is 4. The Kier molecular flexibility index (Phi) is 5.09. The van der Waals surface area contributed by atoms with Gasteiger partial charge in [-0.2, -0.15) is 0 Å². The first kappa shape index (κ1) is 18.2. The number of fused-ring (bicyclic) bond motifs is 1. The van der Waals surface area contributed by atoms with E-state index in [9.17, 15) is 18.5 Å². The van der Waals surface area contributed by atoms with Gasteiger partial charge in [-0.25, -0.2) is 8.42 Å². The Hall–Kier alpha value is -1.57. The summed E-state index contributed by atoms with van der Waals surface area (Å²) in [7, 11) is -4.23. The highest BCUT2D eigenvalue weighted by molar-refractivity contribution is 7.92. The number of sulfone groups is 1. The first-order chi connectivity index (χ1) is 11.8. The molecule has 134 valence electrons. The van der Waals surface area contributed by atoms with Crippen LogP contribution in [0.5, 0.6) is 5.75 Å². The maximum absolute atomic E-state index is 12.3. The van der Waals surface area contributed by atoms with Gasteiger partial charge >= 0.3 is 7.12 Å². The Labute approximate surface area is 149 Å². The summed E-state index contributed by atoms with van der Waals surface area (Å²) in [6, 6.07) is 6.96. The monoisotopic (exact) mass is 362 g/mol. The van der Waals surface area contributed by atoms with Gasteiger partial charge < -0.3 is 14.8 Å². The van der Waals surface area contributed by atoms with E-state index in [4.69, 9.17) is 4.65 Å². The third kappa shape index (κ3) is 3.99. The van der Waals surface area contributed by atoms with Gasteiger partial charge in [0.05, 0.1) is 17.1 Å². The molecule has 0 aliphatic carbocycles. The van der Waals surface area contributed by atoms with Crippen molar-refractivity contribution >= 4 is 23.0 Å². The Morgan fingerprint density at radius 1 is 1.36 bits per heavy atom. The first-order valence-electron chi connectivity index (χ1n) is 8.47. The summed E-state index contributed by atoms with van der Waals surface area (Å²) in [4.78, 5) is 0. The fourth-order valence-corrected chi connectivity index (χ4v) is 5.89. The molecule has 2 aliphatic rings. The molecule has 7 heteroatoms. The van der Waals surface area contributed by atoms with E-state index in [1.807, 2.05) is 32.1 Å². The minimum absolute atomic E-state index is 0.0713. The Bertz CT molecular complexity index is 810. The SMILES string of the molecule is CC1=C2[C@@H](CC/C(C)=C/c3ccc(O)cc3)OB(O)C[C@@H]2S(=O)(=O)C1. The van der Waals surface area contributed by atoms with Crippen molar-refractivity contribution in [3.05, 3.63) is 46.5 Å². The lowest BCUT2D eigenvalue weighted by atomic mass is 9.75. The number of phenols is 1. The van der Waals surface area contributed by atoms with E-state index in [-0.39, 0.29) is 23.9 Å². The zero-order chi connectivity index (χ0) is 18.2. The number of allylic oxidation sites excluding steroid dienone is 1. The van der Waals surface area contributed by atoms with E-state index >= 15 is 0 Å². The number of aromatic hydroxyl groups is 1. The molecule has 1 fully saturated rings. The van der Waals surface area contributed by atoms with Crippen molar-refractivity contribution in [2.75, 3.05) is 5.75 Å². The van der Waals surface area contributed by atoms with E-state index < -0.39 is 22.2 Å². The molecule has 0 unspecified atom stereocenters. The molecule has 1 aromatic carbocycles. The summed E-state index contributed by atoms with van der Waals surface area (Å²) in [5, 5.41) is 18.7. The van der Waals surface area contributed by atoms with Crippen LogP contribution in [0.2, 0.25) is 6.32 Å². The maximum atomic E-state index is 12.3. The van der Waals surface area contributed by atoms with Crippen molar-refractivity contribution in [1.82, 2.24) is 0 Å². The molecule has 0 aromatic heterocycles. The zero-order valence-corrected chi connectivity index (χ0v) is 15.3. The smallest absolute Gasteiger partial charge is 0.456 e. The molecule has 1 saturated heterocycles. The Balaban J connectivity index is 1.71. The largest absolute Gasteiger partial charge is 0.508 e. The quantitative estimate of drug-likeness (QED) is 0.635. The van der Waals surface area contributed by atoms with Crippen LogP contribution in [0.25, 0.3) is 6.08 Å². The molecule has 0 spiro atoms. The van der Waals surface area contributed by atoms with Crippen LogP contribution >= 0.6 is 0 Å². The molecule has 5 nitrogen and oxygen atoms in total. The van der Waals surface area contributed by atoms with Crippen molar-refractivity contribution in [2.24, 2.45) is 0 Å². The van der Waals surface area contributed by atoms with E-state index in [0.29, 0.717) is 6.42 Å². The van der Waals surface area contributed by atoms with Crippen LogP contribution in [-0.2, 0) is 14.5 Å². The van der Waals surface area contributed by atoms with Gasteiger partial charge in [-0.3, -0.25) is 0 Å². The summed E-state index contributed by atoms with van der Waals surface area (Å²) < 4.78 is 30.2. The van der Waals surface area contributed by atoms with Gasteiger partial charge in [-0.1, -0.05) is 29.4 Å².